The van der Waals surface area contributed by atoms with Gasteiger partial charge in [-0.15, -0.1) is 0 Å². The van der Waals surface area contributed by atoms with E-state index >= 15 is 0 Å². The van der Waals surface area contributed by atoms with Crippen LogP contribution in [-0.2, 0) is 14.0 Å². The van der Waals surface area contributed by atoms with Gasteiger partial charge in [0.15, 0.2) is 8.32 Å². The first-order chi connectivity index (χ1) is 9.94. The van der Waals surface area contributed by atoms with Crippen LogP contribution in [0.1, 0.15) is 60.8 Å². The zero-order valence-corrected chi connectivity index (χ0v) is 16.9. The molecule has 22 heavy (non-hydrogen) atoms. The van der Waals surface area contributed by atoms with Gasteiger partial charge in [0.1, 0.15) is 12.7 Å². The van der Waals surface area contributed by atoms with Crippen molar-refractivity contribution in [2.24, 2.45) is 17.8 Å². The molecule has 1 fully saturated rings. The van der Waals surface area contributed by atoms with Gasteiger partial charge >= 0.3 is 5.97 Å². The normalized spacial score (nSPS) is 27.0. The molecule has 0 bridgehead atoms. The van der Waals surface area contributed by atoms with E-state index in [1.807, 2.05) is 0 Å². The highest BCUT2D eigenvalue weighted by Crippen LogP contribution is 2.37. The maximum Gasteiger partial charge on any atom is 0.331 e. The van der Waals surface area contributed by atoms with Crippen molar-refractivity contribution in [3.63, 3.8) is 0 Å². The van der Waals surface area contributed by atoms with Gasteiger partial charge in [0.25, 0.3) is 0 Å². The third kappa shape index (κ3) is 5.38. The molecular weight excluding hydrogens is 292 g/mol. The molecule has 3 atom stereocenters. The van der Waals surface area contributed by atoms with Crippen molar-refractivity contribution < 1.29 is 14.0 Å². The molecule has 130 valence electrons. The van der Waals surface area contributed by atoms with Gasteiger partial charge in [-0.25, -0.2) is 4.79 Å². The van der Waals surface area contributed by atoms with Gasteiger partial charge in [-0.1, -0.05) is 48.0 Å². The Bertz CT molecular complexity index is 371. The van der Waals surface area contributed by atoms with Crippen LogP contribution in [0.4, 0.5) is 0 Å². The van der Waals surface area contributed by atoms with E-state index in [2.05, 4.69) is 54.6 Å². The Morgan fingerprint density at radius 3 is 2.32 bits per heavy atom. The quantitative estimate of drug-likeness (QED) is 0.525. The first-order valence-corrected chi connectivity index (χ1v) is 11.7. The Morgan fingerprint density at radius 2 is 1.82 bits per heavy atom. The maximum absolute atomic E-state index is 12.2. The molecular formula is C18H36O3Si. The Kier molecular flexibility index (Phi) is 6.69. The number of esters is 1. The Hall–Kier alpha value is -0.353. The van der Waals surface area contributed by atoms with E-state index in [-0.39, 0.29) is 23.7 Å². The van der Waals surface area contributed by atoms with Gasteiger partial charge in [0, 0.05) is 0 Å². The fourth-order valence-electron chi connectivity index (χ4n) is 2.91. The monoisotopic (exact) mass is 328 g/mol. The van der Waals surface area contributed by atoms with Gasteiger partial charge in [0.2, 0.25) is 0 Å². The second-order valence-electron chi connectivity index (χ2n) is 8.90. The summed E-state index contributed by atoms with van der Waals surface area (Å²) in [5.74, 6) is 1.52. The van der Waals surface area contributed by atoms with Crippen LogP contribution in [0.2, 0.25) is 18.1 Å². The van der Waals surface area contributed by atoms with Crippen molar-refractivity contribution in [2.45, 2.75) is 85.0 Å². The van der Waals surface area contributed by atoms with Crippen molar-refractivity contribution in [3.05, 3.63) is 0 Å². The molecule has 0 aromatic rings. The highest BCUT2D eigenvalue weighted by atomic mass is 28.4. The molecule has 0 radical (unpaired) electrons. The van der Waals surface area contributed by atoms with Crippen LogP contribution >= 0.6 is 0 Å². The summed E-state index contributed by atoms with van der Waals surface area (Å²) in [5.41, 5.74) is 0. The molecule has 3 nitrogen and oxygen atoms in total. The molecule has 1 rings (SSSR count). The largest absolute Gasteiger partial charge is 0.460 e. The molecule has 0 amide bonds. The summed E-state index contributed by atoms with van der Waals surface area (Å²) in [5, 5.41) is 0.118. The van der Waals surface area contributed by atoms with E-state index in [4.69, 9.17) is 9.16 Å². The lowest BCUT2D eigenvalue weighted by atomic mass is 9.75. The number of carbonyl (C=O) groups is 1. The van der Waals surface area contributed by atoms with E-state index in [1.54, 1.807) is 0 Å². The van der Waals surface area contributed by atoms with Crippen molar-refractivity contribution in [3.8, 4) is 0 Å². The highest BCUT2D eigenvalue weighted by Gasteiger charge is 2.38. The predicted octanol–water partition coefficient (Wildman–Crippen LogP) is 5.01. The van der Waals surface area contributed by atoms with E-state index < -0.39 is 8.32 Å². The minimum absolute atomic E-state index is 0.0688. The van der Waals surface area contributed by atoms with E-state index in [0.717, 1.165) is 6.42 Å². The molecule has 1 aliphatic rings. The Morgan fingerprint density at radius 1 is 1.23 bits per heavy atom. The summed E-state index contributed by atoms with van der Waals surface area (Å²) in [6, 6.07) is 0. The van der Waals surface area contributed by atoms with Crippen LogP contribution in [0.25, 0.3) is 0 Å². The SMILES string of the molecule is CC1CCC(C(C)C)C(OC(=O)CO[Si](C)(C)C(C)(C)C)C1. The van der Waals surface area contributed by atoms with Crippen LogP contribution in [0.3, 0.4) is 0 Å². The third-order valence-corrected chi connectivity index (χ3v) is 10.1. The number of ether oxygens (including phenoxy) is 1. The average Bonchev–Trinajstić information content (AvgIpc) is 2.34. The minimum atomic E-state index is -1.89. The molecule has 3 unspecified atom stereocenters. The summed E-state index contributed by atoms with van der Waals surface area (Å²) in [6.45, 7) is 17.7. The van der Waals surface area contributed by atoms with Crippen LogP contribution in [0.15, 0.2) is 0 Å². The van der Waals surface area contributed by atoms with Gasteiger partial charge < -0.3 is 9.16 Å². The summed E-state index contributed by atoms with van der Waals surface area (Å²) in [4.78, 5) is 12.2. The first kappa shape index (κ1) is 19.7. The van der Waals surface area contributed by atoms with Crippen molar-refractivity contribution in [1.82, 2.24) is 0 Å². The summed E-state index contributed by atoms with van der Waals surface area (Å²) in [6.07, 6.45) is 3.48. The number of carbonyl (C=O) groups excluding carboxylic acids is 1. The molecule has 0 N–H and O–H groups in total. The van der Waals surface area contributed by atoms with Gasteiger partial charge in [0.05, 0.1) is 0 Å². The molecule has 0 saturated heterocycles. The second kappa shape index (κ2) is 7.48. The smallest absolute Gasteiger partial charge is 0.331 e. The van der Waals surface area contributed by atoms with E-state index in [1.165, 1.54) is 12.8 Å². The topological polar surface area (TPSA) is 35.5 Å². The highest BCUT2D eigenvalue weighted by molar-refractivity contribution is 6.74. The predicted molar refractivity (Wildman–Crippen MR) is 94.4 cm³/mol. The maximum atomic E-state index is 12.2. The molecule has 0 aromatic carbocycles. The van der Waals surface area contributed by atoms with Gasteiger partial charge in [-0.2, -0.15) is 0 Å². The van der Waals surface area contributed by atoms with Crippen molar-refractivity contribution in [2.75, 3.05) is 6.61 Å². The fourth-order valence-corrected chi connectivity index (χ4v) is 3.82. The standard InChI is InChI=1S/C18H36O3Si/c1-13(2)15-10-9-14(3)11-16(15)21-17(19)12-20-22(7,8)18(4,5)6/h13-16H,9-12H2,1-8H3. The summed E-state index contributed by atoms with van der Waals surface area (Å²) in [7, 11) is -1.89. The Labute approximate surface area is 138 Å². The lowest BCUT2D eigenvalue weighted by Crippen LogP contribution is -2.43. The van der Waals surface area contributed by atoms with Gasteiger partial charge in [-0.05, 0) is 48.7 Å². The van der Waals surface area contributed by atoms with Crippen LogP contribution < -0.4 is 0 Å². The van der Waals surface area contributed by atoms with Crippen molar-refractivity contribution in [1.29, 1.82) is 0 Å². The number of rotatable bonds is 5. The molecule has 4 heteroatoms. The van der Waals surface area contributed by atoms with Crippen LogP contribution in [-0.4, -0.2) is 27.0 Å². The lowest BCUT2D eigenvalue weighted by Gasteiger charge is -2.38. The number of hydrogen-bond donors (Lipinski definition) is 0. The third-order valence-electron chi connectivity index (χ3n) is 5.60. The number of hydrogen-bond acceptors (Lipinski definition) is 3. The molecule has 0 aromatic heterocycles. The fraction of sp³-hybridized carbons (Fsp3) is 0.944. The molecule has 1 saturated carbocycles. The van der Waals surface area contributed by atoms with E-state index in [0.29, 0.717) is 17.8 Å². The lowest BCUT2D eigenvalue weighted by molar-refractivity contribution is -0.158. The molecule has 0 spiro atoms. The Balaban J connectivity index is 2.56. The van der Waals surface area contributed by atoms with E-state index in [9.17, 15) is 4.79 Å². The first-order valence-electron chi connectivity index (χ1n) is 8.77. The summed E-state index contributed by atoms with van der Waals surface area (Å²) >= 11 is 0. The zero-order valence-electron chi connectivity index (χ0n) is 15.9. The molecule has 1 aliphatic carbocycles. The molecule has 0 heterocycles. The second-order valence-corrected chi connectivity index (χ2v) is 13.7. The average molecular weight is 329 g/mol. The minimum Gasteiger partial charge on any atom is -0.460 e. The summed E-state index contributed by atoms with van der Waals surface area (Å²) < 4.78 is 11.8. The van der Waals surface area contributed by atoms with Crippen LogP contribution in [0, 0.1) is 17.8 Å². The zero-order chi connectivity index (χ0) is 17.1. The van der Waals surface area contributed by atoms with Crippen molar-refractivity contribution >= 4 is 14.3 Å². The molecule has 0 aliphatic heterocycles. The van der Waals surface area contributed by atoms with Gasteiger partial charge in [-0.3, -0.25) is 0 Å². The van der Waals surface area contributed by atoms with Crippen LogP contribution in [0.5, 0.6) is 0 Å².